The van der Waals surface area contributed by atoms with Gasteiger partial charge >= 0.3 is 5.97 Å². The highest BCUT2D eigenvalue weighted by Crippen LogP contribution is 2.30. The Morgan fingerprint density at radius 2 is 1.85 bits per heavy atom. The zero-order valence-corrected chi connectivity index (χ0v) is 11.6. The Morgan fingerprint density at radius 3 is 2.45 bits per heavy atom. The van der Waals surface area contributed by atoms with Gasteiger partial charge in [0.2, 0.25) is 0 Å². The van der Waals surface area contributed by atoms with Gasteiger partial charge in [0.15, 0.2) is 0 Å². The molecule has 0 aliphatic heterocycles. The maximum Gasteiger partial charge on any atom is 0.339 e. The molecule has 0 saturated carbocycles. The molecule has 5 nitrogen and oxygen atoms in total. The summed E-state index contributed by atoms with van der Waals surface area (Å²) in [6.07, 6.45) is 0. The molecule has 0 aromatic heterocycles. The number of benzene rings is 2. The third-order valence-electron chi connectivity index (χ3n) is 2.65. The van der Waals surface area contributed by atoms with Gasteiger partial charge in [0.05, 0.1) is 5.56 Å². The van der Waals surface area contributed by atoms with E-state index in [1.807, 2.05) is 32.9 Å². The lowest BCUT2D eigenvalue weighted by Gasteiger charge is -2.20. The molecule has 2 aromatic carbocycles. The molecule has 0 spiro atoms. The number of carbonyl (C=O) groups excluding carboxylic acids is 1. The smallest absolute Gasteiger partial charge is 0.339 e. The molecule has 102 valence electrons. The van der Waals surface area contributed by atoms with Gasteiger partial charge in [-0.2, -0.15) is 0 Å². The topological polar surface area (TPSA) is 75.1 Å². The highest BCUT2D eigenvalue weighted by molar-refractivity contribution is 6.09. The second-order valence-electron chi connectivity index (χ2n) is 5.37. The van der Waals surface area contributed by atoms with E-state index >= 15 is 0 Å². The Bertz CT molecular complexity index is 705. The molecular weight excluding hydrogens is 254 g/mol. The molecule has 0 heterocycles. The van der Waals surface area contributed by atoms with Gasteiger partial charge in [-0.15, -0.1) is 0 Å². The minimum atomic E-state index is -0.577. The number of nitrogens with zero attached hydrogens (tertiary/aromatic N) is 3. The van der Waals surface area contributed by atoms with E-state index in [4.69, 9.17) is 10.3 Å². The van der Waals surface area contributed by atoms with Crippen LogP contribution < -0.4 is 0 Å². The van der Waals surface area contributed by atoms with Crippen LogP contribution in [0.2, 0.25) is 0 Å². The van der Waals surface area contributed by atoms with E-state index in [1.165, 1.54) is 0 Å². The molecule has 20 heavy (non-hydrogen) atoms. The third-order valence-corrected chi connectivity index (χ3v) is 2.65. The lowest BCUT2D eigenvalue weighted by atomic mass is 10.0. The van der Waals surface area contributed by atoms with Crippen LogP contribution in [0.15, 0.2) is 41.5 Å². The fourth-order valence-electron chi connectivity index (χ4n) is 1.96. The molecule has 2 aromatic rings. The van der Waals surface area contributed by atoms with Crippen molar-refractivity contribution in [1.29, 1.82) is 0 Å². The SMILES string of the molecule is CC(C)(C)OC(=O)c1cccc2cccc(N=[N+]=[N-])c12. The number of rotatable bonds is 2. The zero-order chi connectivity index (χ0) is 14.8. The van der Waals surface area contributed by atoms with Crippen LogP contribution in [0.5, 0.6) is 0 Å². The van der Waals surface area contributed by atoms with Crippen molar-refractivity contribution in [3.8, 4) is 0 Å². The van der Waals surface area contributed by atoms with Crippen LogP contribution in [0.1, 0.15) is 31.1 Å². The van der Waals surface area contributed by atoms with Gasteiger partial charge in [-0.05, 0) is 37.8 Å². The lowest BCUT2D eigenvalue weighted by Crippen LogP contribution is -2.24. The first-order valence-electron chi connectivity index (χ1n) is 6.22. The fourth-order valence-corrected chi connectivity index (χ4v) is 1.96. The normalized spacial score (nSPS) is 10.9. The minimum absolute atomic E-state index is 0.403. The Hall–Kier alpha value is -2.52. The summed E-state index contributed by atoms with van der Waals surface area (Å²) in [4.78, 5) is 15.1. The predicted molar refractivity (Wildman–Crippen MR) is 77.9 cm³/mol. The molecule has 0 bridgehead atoms. The van der Waals surface area contributed by atoms with Crippen molar-refractivity contribution in [2.75, 3.05) is 0 Å². The first-order valence-corrected chi connectivity index (χ1v) is 6.22. The number of azide groups is 1. The average molecular weight is 269 g/mol. The number of hydrogen-bond acceptors (Lipinski definition) is 3. The molecule has 0 aliphatic carbocycles. The first kappa shape index (κ1) is 13.9. The molecule has 0 radical (unpaired) electrons. The quantitative estimate of drug-likeness (QED) is 0.342. The Balaban J connectivity index is 2.64. The number of ether oxygens (including phenoxy) is 1. The number of fused-ring (bicyclic) bond motifs is 1. The summed E-state index contributed by atoms with van der Waals surface area (Å²) in [6.45, 7) is 5.43. The molecule has 0 unspecified atom stereocenters. The van der Waals surface area contributed by atoms with Crippen LogP contribution in [0.3, 0.4) is 0 Å². The Kier molecular flexibility index (Phi) is 3.63. The van der Waals surface area contributed by atoms with Crippen LogP contribution in [-0.2, 0) is 4.74 Å². The van der Waals surface area contributed by atoms with Gasteiger partial charge in [-0.3, -0.25) is 0 Å². The van der Waals surface area contributed by atoms with Crippen LogP contribution >= 0.6 is 0 Å². The van der Waals surface area contributed by atoms with E-state index in [9.17, 15) is 4.79 Å². The van der Waals surface area contributed by atoms with Gasteiger partial charge in [-0.25, -0.2) is 4.79 Å². The van der Waals surface area contributed by atoms with Crippen molar-refractivity contribution in [2.45, 2.75) is 26.4 Å². The van der Waals surface area contributed by atoms with E-state index in [0.29, 0.717) is 16.6 Å². The third kappa shape index (κ3) is 2.90. The largest absolute Gasteiger partial charge is 0.456 e. The first-order chi connectivity index (χ1) is 9.42. The van der Waals surface area contributed by atoms with Gasteiger partial charge in [0.25, 0.3) is 0 Å². The van der Waals surface area contributed by atoms with Crippen molar-refractivity contribution in [3.63, 3.8) is 0 Å². The minimum Gasteiger partial charge on any atom is -0.456 e. The van der Waals surface area contributed by atoms with Gasteiger partial charge in [0, 0.05) is 16.0 Å². The fraction of sp³-hybridized carbons (Fsp3) is 0.267. The maximum absolute atomic E-state index is 12.3. The molecule has 0 amide bonds. The second-order valence-corrected chi connectivity index (χ2v) is 5.37. The van der Waals surface area contributed by atoms with E-state index < -0.39 is 11.6 Å². The molecule has 0 saturated heterocycles. The standard InChI is InChI=1S/C15H15N3O2/c1-15(2,3)20-14(19)11-8-4-6-10-7-5-9-12(13(10)11)17-18-16/h4-9H,1-3H3. The molecule has 0 N–H and O–H groups in total. The predicted octanol–water partition coefficient (Wildman–Crippen LogP) is 4.74. The zero-order valence-electron chi connectivity index (χ0n) is 11.6. The summed E-state index contributed by atoms with van der Waals surface area (Å²) in [7, 11) is 0. The Labute approximate surface area is 116 Å². The highest BCUT2D eigenvalue weighted by atomic mass is 16.6. The van der Waals surface area contributed by atoms with Crippen molar-refractivity contribution < 1.29 is 9.53 Å². The summed E-state index contributed by atoms with van der Waals surface area (Å²) in [5.41, 5.74) is 8.89. The van der Waals surface area contributed by atoms with Crippen LogP contribution in [-0.4, -0.2) is 11.6 Å². The van der Waals surface area contributed by atoms with Crippen molar-refractivity contribution in [1.82, 2.24) is 0 Å². The van der Waals surface area contributed by atoms with Crippen molar-refractivity contribution in [3.05, 3.63) is 52.4 Å². The van der Waals surface area contributed by atoms with Crippen LogP contribution in [0, 0.1) is 0 Å². The molecule has 0 atom stereocenters. The summed E-state index contributed by atoms with van der Waals surface area (Å²) < 4.78 is 5.39. The number of hydrogen-bond donors (Lipinski definition) is 0. The van der Waals surface area contributed by atoms with Crippen molar-refractivity contribution in [2.24, 2.45) is 5.11 Å². The summed E-state index contributed by atoms with van der Waals surface area (Å²) in [5.74, 6) is -0.427. The maximum atomic E-state index is 12.3. The van der Waals surface area contributed by atoms with E-state index in [-0.39, 0.29) is 0 Å². The van der Waals surface area contributed by atoms with Gasteiger partial charge in [-0.1, -0.05) is 35.4 Å². The molecular formula is C15H15N3O2. The molecule has 0 aliphatic rings. The van der Waals surface area contributed by atoms with Crippen LogP contribution in [0.4, 0.5) is 5.69 Å². The van der Waals surface area contributed by atoms with Gasteiger partial charge in [0.1, 0.15) is 5.60 Å². The molecule has 2 rings (SSSR count). The summed E-state index contributed by atoms with van der Waals surface area (Å²) >= 11 is 0. The monoisotopic (exact) mass is 269 g/mol. The molecule has 0 fully saturated rings. The van der Waals surface area contributed by atoms with E-state index in [1.54, 1.807) is 24.3 Å². The van der Waals surface area contributed by atoms with E-state index in [0.717, 1.165) is 5.39 Å². The van der Waals surface area contributed by atoms with E-state index in [2.05, 4.69) is 10.0 Å². The van der Waals surface area contributed by atoms with Gasteiger partial charge < -0.3 is 4.74 Å². The summed E-state index contributed by atoms with van der Waals surface area (Å²) in [5, 5.41) is 5.09. The highest BCUT2D eigenvalue weighted by Gasteiger charge is 2.20. The lowest BCUT2D eigenvalue weighted by molar-refractivity contribution is 0.00719. The molecule has 5 heteroatoms. The van der Waals surface area contributed by atoms with Crippen LogP contribution in [0.25, 0.3) is 21.2 Å². The van der Waals surface area contributed by atoms with Crippen molar-refractivity contribution >= 4 is 22.4 Å². The number of esters is 1. The summed E-state index contributed by atoms with van der Waals surface area (Å²) in [6, 6.07) is 10.6. The Morgan fingerprint density at radius 1 is 1.20 bits per heavy atom. The second kappa shape index (κ2) is 5.23. The number of carbonyl (C=O) groups is 1. The average Bonchev–Trinajstić information content (AvgIpc) is 2.36.